The van der Waals surface area contributed by atoms with Gasteiger partial charge in [-0.1, -0.05) is 0 Å². The molecule has 2 aromatic heterocycles. The van der Waals surface area contributed by atoms with Gasteiger partial charge in [0.2, 0.25) is 5.95 Å². The summed E-state index contributed by atoms with van der Waals surface area (Å²) in [5, 5.41) is 7.15. The van der Waals surface area contributed by atoms with Crippen LogP contribution in [-0.4, -0.2) is 39.0 Å². The van der Waals surface area contributed by atoms with Crippen LogP contribution in [0, 0.1) is 6.92 Å². The molecule has 2 aromatic rings. The number of aryl methyl sites for hydroxylation is 2. The Morgan fingerprint density at radius 1 is 1.36 bits per heavy atom. The number of halogens is 3. The molecule has 0 saturated carbocycles. The SMILES string of the molecule is CCn1cc(-c2cc(C(F)(F)F)nc(NC[C@@H]3CCCO3)n2)c(C)n1. The molecule has 0 spiro atoms. The van der Waals surface area contributed by atoms with Gasteiger partial charge in [0, 0.05) is 31.5 Å². The lowest BCUT2D eigenvalue weighted by Crippen LogP contribution is -2.21. The number of anilines is 1. The quantitative estimate of drug-likeness (QED) is 0.892. The van der Waals surface area contributed by atoms with Crippen LogP contribution < -0.4 is 5.32 Å². The molecule has 1 atom stereocenters. The summed E-state index contributed by atoms with van der Waals surface area (Å²) in [6.45, 7) is 5.34. The Kier molecular flexibility index (Phi) is 4.94. The van der Waals surface area contributed by atoms with E-state index in [1.807, 2.05) is 6.92 Å². The van der Waals surface area contributed by atoms with Crippen LogP contribution in [0.1, 0.15) is 31.2 Å². The summed E-state index contributed by atoms with van der Waals surface area (Å²) >= 11 is 0. The fourth-order valence-electron chi connectivity index (χ4n) is 2.75. The van der Waals surface area contributed by atoms with Gasteiger partial charge in [0.15, 0.2) is 5.69 Å². The third-order valence-electron chi connectivity index (χ3n) is 4.07. The summed E-state index contributed by atoms with van der Waals surface area (Å²) in [4.78, 5) is 7.87. The topological polar surface area (TPSA) is 64.9 Å². The van der Waals surface area contributed by atoms with Crippen LogP contribution in [0.5, 0.6) is 0 Å². The van der Waals surface area contributed by atoms with Crippen molar-refractivity contribution in [1.29, 1.82) is 0 Å². The Morgan fingerprint density at radius 3 is 2.76 bits per heavy atom. The molecular formula is C16H20F3N5O. The van der Waals surface area contributed by atoms with Gasteiger partial charge in [0.1, 0.15) is 0 Å². The summed E-state index contributed by atoms with van der Waals surface area (Å²) < 4.78 is 46.8. The van der Waals surface area contributed by atoms with Crippen LogP contribution in [0.3, 0.4) is 0 Å². The second kappa shape index (κ2) is 6.99. The van der Waals surface area contributed by atoms with Crippen LogP contribution >= 0.6 is 0 Å². The van der Waals surface area contributed by atoms with Gasteiger partial charge in [-0.05, 0) is 32.8 Å². The third-order valence-corrected chi connectivity index (χ3v) is 4.07. The smallest absolute Gasteiger partial charge is 0.376 e. The van der Waals surface area contributed by atoms with Gasteiger partial charge in [-0.25, -0.2) is 9.97 Å². The monoisotopic (exact) mass is 355 g/mol. The van der Waals surface area contributed by atoms with E-state index < -0.39 is 11.9 Å². The molecule has 0 aromatic carbocycles. The summed E-state index contributed by atoms with van der Waals surface area (Å²) in [6.07, 6.45) is -1.04. The van der Waals surface area contributed by atoms with Gasteiger partial charge in [-0.3, -0.25) is 4.68 Å². The van der Waals surface area contributed by atoms with Gasteiger partial charge in [-0.2, -0.15) is 18.3 Å². The summed E-state index contributed by atoms with van der Waals surface area (Å²) in [5.74, 6) is -0.0519. The van der Waals surface area contributed by atoms with E-state index in [4.69, 9.17) is 4.74 Å². The van der Waals surface area contributed by atoms with Crippen LogP contribution in [0.2, 0.25) is 0 Å². The fraction of sp³-hybridized carbons (Fsp3) is 0.562. The van der Waals surface area contributed by atoms with E-state index in [1.165, 1.54) is 0 Å². The normalized spacial score (nSPS) is 17.9. The molecule has 1 aliphatic heterocycles. The van der Waals surface area contributed by atoms with Crippen molar-refractivity contribution in [2.75, 3.05) is 18.5 Å². The Morgan fingerprint density at radius 2 is 2.16 bits per heavy atom. The molecule has 0 amide bonds. The predicted molar refractivity (Wildman–Crippen MR) is 86.1 cm³/mol. The third kappa shape index (κ3) is 4.09. The molecule has 3 heterocycles. The van der Waals surface area contributed by atoms with E-state index in [0.717, 1.165) is 18.9 Å². The lowest BCUT2D eigenvalue weighted by atomic mass is 10.1. The van der Waals surface area contributed by atoms with E-state index in [-0.39, 0.29) is 17.7 Å². The van der Waals surface area contributed by atoms with Crippen LogP contribution in [0.4, 0.5) is 19.1 Å². The standard InChI is InChI=1S/C16H20F3N5O/c1-3-24-9-12(10(2)23-24)13-7-14(16(17,18)19)22-15(21-13)20-8-11-5-4-6-25-11/h7,9,11H,3-6,8H2,1-2H3,(H,20,21,22)/t11-/m0/s1. The lowest BCUT2D eigenvalue weighted by Gasteiger charge is -2.13. The number of ether oxygens (including phenoxy) is 1. The molecule has 1 aliphatic rings. The number of hydrogen-bond acceptors (Lipinski definition) is 5. The van der Waals surface area contributed by atoms with Crippen molar-refractivity contribution in [3.8, 4) is 11.3 Å². The zero-order valence-electron chi connectivity index (χ0n) is 14.1. The molecule has 0 radical (unpaired) electrons. The molecule has 25 heavy (non-hydrogen) atoms. The summed E-state index contributed by atoms with van der Waals surface area (Å²) in [6, 6.07) is 0.960. The fourth-order valence-corrected chi connectivity index (χ4v) is 2.75. The van der Waals surface area contributed by atoms with Crippen molar-refractivity contribution >= 4 is 5.95 Å². The highest BCUT2D eigenvalue weighted by molar-refractivity contribution is 5.62. The Hall–Kier alpha value is -2.16. The van der Waals surface area contributed by atoms with Gasteiger partial charge >= 0.3 is 6.18 Å². The summed E-state index contributed by atoms with van der Waals surface area (Å²) in [5.41, 5.74) is 0.416. The molecule has 0 aliphatic carbocycles. The largest absolute Gasteiger partial charge is 0.433 e. The van der Waals surface area contributed by atoms with Crippen molar-refractivity contribution in [3.63, 3.8) is 0 Å². The van der Waals surface area contributed by atoms with Crippen molar-refractivity contribution < 1.29 is 17.9 Å². The van der Waals surface area contributed by atoms with Gasteiger partial charge < -0.3 is 10.1 Å². The number of hydrogen-bond donors (Lipinski definition) is 1. The van der Waals surface area contributed by atoms with Crippen LogP contribution in [0.25, 0.3) is 11.3 Å². The minimum absolute atomic E-state index is 0.0221. The van der Waals surface area contributed by atoms with Crippen LogP contribution in [-0.2, 0) is 17.5 Å². The number of nitrogens with one attached hydrogen (secondary N) is 1. The first-order valence-corrected chi connectivity index (χ1v) is 8.23. The van der Waals surface area contributed by atoms with Crippen molar-refractivity contribution in [3.05, 3.63) is 23.7 Å². The number of nitrogens with zero attached hydrogens (tertiary/aromatic N) is 4. The first kappa shape index (κ1) is 17.7. The van der Waals surface area contributed by atoms with Crippen molar-refractivity contribution in [2.45, 2.75) is 45.5 Å². The Balaban J connectivity index is 1.93. The molecule has 1 saturated heterocycles. The molecule has 0 bridgehead atoms. The second-order valence-electron chi connectivity index (χ2n) is 5.96. The molecule has 1 fully saturated rings. The average molecular weight is 355 g/mol. The molecular weight excluding hydrogens is 335 g/mol. The zero-order chi connectivity index (χ0) is 18.0. The molecule has 1 N–H and O–H groups in total. The van der Waals surface area contributed by atoms with E-state index in [2.05, 4.69) is 20.4 Å². The van der Waals surface area contributed by atoms with Crippen molar-refractivity contribution in [1.82, 2.24) is 19.7 Å². The molecule has 0 unspecified atom stereocenters. The highest BCUT2D eigenvalue weighted by Gasteiger charge is 2.34. The molecule has 6 nitrogen and oxygen atoms in total. The van der Waals surface area contributed by atoms with E-state index in [0.29, 0.717) is 31.0 Å². The minimum atomic E-state index is -4.55. The Labute approximate surface area is 143 Å². The predicted octanol–water partition coefficient (Wildman–Crippen LogP) is 3.28. The molecule has 9 heteroatoms. The van der Waals surface area contributed by atoms with Crippen molar-refractivity contribution in [2.24, 2.45) is 0 Å². The average Bonchev–Trinajstić information content (AvgIpc) is 3.21. The summed E-state index contributed by atoms with van der Waals surface area (Å²) in [7, 11) is 0. The number of alkyl halides is 3. The van der Waals surface area contributed by atoms with E-state index >= 15 is 0 Å². The zero-order valence-corrected chi connectivity index (χ0v) is 14.1. The van der Waals surface area contributed by atoms with E-state index in [9.17, 15) is 13.2 Å². The van der Waals surface area contributed by atoms with E-state index in [1.54, 1.807) is 17.8 Å². The number of aromatic nitrogens is 4. The maximum absolute atomic E-state index is 13.2. The molecule has 3 rings (SSSR count). The lowest BCUT2D eigenvalue weighted by molar-refractivity contribution is -0.141. The maximum atomic E-state index is 13.2. The number of rotatable bonds is 5. The van der Waals surface area contributed by atoms with Crippen LogP contribution in [0.15, 0.2) is 12.3 Å². The van der Waals surface area contributed by atoms with Gasteiger partial charge in [0.05, 0.1) is 17.5 Å². The van der Waals surface area contributed by atoms with Gasteiger partial charge in [0.25, 0.3) is 0 Å². The molecule has 136 valence electrons. The first-order chi connectivity index (χ1) is 11.9. The highest BCUT2D eigenvalue weighted by Crippen LogP contribution is 2.32. The van der Waals surface area contributed by atoms with Gasteiger partial charge in [-0.15, -0.1) is 0 Å². The first-order valence-electron chi connectivity index (χ1n) is 8.23. The highest BCUT2D eigenvalue weighted by atomic mass is 19.4. The maximum Gasteiger partial charge on any atom is 0.433 e. The second-order valence-corrected chi connectivity index (χ2v) is 5.96. The minimum Gasteiger partial charge on any atom is -0.376 e. The Bertz CT molecular complexity index is 738.